The van der Waals surface area contributed by atoms with Crippen molar-refractivity contribution in [2.24, 2.45) is 0 Å². The minimum Gasteiger partial charge on any atom is -0.372 e. The van der Waals surface area contributed by atoms with Crippen molar-refractivity contribution in [3.05, 3.63) is 94.5 Å². The summed E-state index contributed by atoms with van der Waals surface area (Å²) in [5.41, 5.74) is 6.62. The molecule has 5 heteroatoms. The molecular formula is C31H41ClN4. The summed E-state index contributed by atoms with van der Waals surface area (Å²) in [4.78, 5) is 9.98. The van der Waals surface area contributed by atoms with Gasteiger partial charge in [-0.1, -0.05) is 48.0 Å². The van der Waals surface area contributed by atoms with Gasteiger partial charge in [0.25, 0.3) is 0 Å². The van der Waals surface area contributed by atoms with Gasteiger partial charge in [0.1, 0.15) is 0 Å². The van der Waals surface area contributed by atoms with E-state index < -0.39 is 0 Å². The third-order valence-electron chi connectivity index (χ3n) is 7.44. The van der Waals surface area contributed by atoms with Crippen LogP contribution in [0.5, 0.6) is 0 Å². The Morgan fingerprint density at radius 3 is 1.36 bits per heavy atom. The van der Waals surface area contributed by atoms with Crippen LogP contribution < -0.4 is 9.80 Å². The molecule has 1 aliphatic rings. The van der Waals surface area contributed by atoms with Gasteiger partial charge in [0, 0.05) is 68.8 Å². The highest BCUT2D eigenvalue weighted by molar-refractivity contribution is 6.30. The largest absolute Gasteiger partial charge is 0.372 e. The highest BCUT2D eigenvalue weighted by Crippen LogP contribution is 2.34. The monoisotopic (exact) mass is 504 g/mol. The van der Waals surface area contributed by atoms with E-state index in [-0.39, 0.29) is 6.17 Å². The quantitative estimate of drug-likeness (QED) is 0.277. The van der Waals surface area contributed by atoms with Gasteiger partial charge in [-0.15, -0.1) is 0 Å². The first kappa shape index (κ1) is 26.5. The molecule has 0 atom stereocenters. The van der Waals surface area contributed by atoms with Crippen LogP contribution in [0.1, 0.15) is 50.6 Å². The van der Waals surface area contributed by atoms with Gasteiger partial charge < -0.3 is 9.80 Å². The van der Waals surface area contributed by atoms with Gasteiger partial charge in [0.05, 0.1) is 6.17 Å². The summed E-state index contributed by atoms with van der Waals surface area (Å²) in [6, 6.07) is 26.7. The number of rotatable bonds is 11. The molecule has 3 aromatic rings. The van der Waals surface area contributed by atoms with E-state index in [9.17, 15) is 0 Å². The zero-order valence-corrected chi connectivity index (χ0v) is 23.1. The minimum atomic E-state index is 0.229. The second kappa shape index (κ2) is 12.6. The average Bonchev–Trinajstić information content (AvgIpc) is 3.29. The van der Waals surface area contributed by atoms with Crippen molar-refractivity contribution in [3.63, 3.8) is 0 Å². The number of halogens is 1. The highest BCUT2D eigenvalue weighted by atomic mass is 35.5. The van der Waals surface area contributed by atoms with E-state index in [1.807, 2.05) is 12.1 Å². The van der Waals surface area contributed by atoms with Crippen LogP contribution in [0, 0.1) is 0 Å². The lowest BCUT2D eigenvalue weighted by atomic mass is 10.1. The molecule has 1 fully saturated rings. The molecule has 0 radical (unpaired) electrons. The predicted molar refractivity (Wildman–Crippen MR) is 155 cm³/mol. The van der Waals surface area contributed by atoms with Crippen LogP contribution in [-0.4, -0.2) is 49.1 Å². The van der Waals surface area contributed by atoms with Gasteiger partial charge >= 0.3 is 0 Å². The van der Waals surface area contributed by atoms with Crippen LogP contribution in [0.25, 0.3) is 0 Å². The number of hydrogen-bond acceptors (Lipinski definition) is 4. The van der Waals surface area contributed by atoms with E-state index >= 15 is 0 Å². The van der Waals surface area contributed by atoms with E-state index in [1.165, 1.54) is 28.1 Å². The smallest absolute Gasteiger partial charge is 0.0892 e. The normalized spacial score (nSPS) is 14.9. The summed E-state index contributed by atoms with van der Waals surface area (Å²) < 4.78 is 0. The van der Waals surface area contributed by atoms with Crippen molar-refractivity contribution in [1.82, 2.24) is 9.80 Å². The van der Waals surface area contributed by atoms with Gasteiger partial charge in [-0.3, -0.25) is 9.80 Å². The molecule has 0 bridgehead atoms. The van der Waals surface area contributed by atoms with Crippen LogP contribution in [0.2, 0.25) is 5.02 Å². The lowest BCUT2D eigenvalue weighted by Gasteiger charge is -2.31. The van der Waals surface area contributed by atoms with Crippen LogP contribution in [-0.2, 0) is 13.1 Å². The first-order valence-electron chi connectivity index (χ1n) is 13.5. The fourth-order valence-corrected chi connectivity index (χ4v) is 5.52. The van der Waals surface area contributed by atoms with Crippen molar-refractivity contribution >= 4 is 23.0 Å². The van der Waals surface area contributed by atoms with Crippen LogP contribution >= 0.6 is 11.6 Å². The Morgan fingerprint density at radius 1 is 0.611 bits per heavy atom. The lowest BCUT2D eigenvalue weighted by Crippen LogP contribution is -2.30. The van der Waals surface area contributed by atoms with Crippen molar-refractivity contribution in [3.8, 4) is 0 Å². The molecule has 4 rings (SSSR count). The van der Waals surface area contributed by atoms with E-state index in [2.05, 4.69) is 108 Å². The van der Waals surface area contributed by atoms with Crippen molar-refractivity contribution in [2.75, 3.05) is 49.1 Å². The van der Waals surface area contributed by atoms with E-state index in [0.717, 1.165) is 57.4 Å². The Balaban J connectivity index is 1.52. The molecule has 0 aromatic heterocycles. The average molecular weight is 505 g/mol. The highest BCUT2D eigenvalue weighted by Gasteiger charge is 2.33. The van der Waals surface area contributed by atoms with Gasteiger partial charge in [-0.05, 0) is 80.8 Å². The van der Waals surface area contributed by atoms with E-state index in [0.29, 0.717) is 0 Å². The molecule has 1 heterocycles. The molecule has 0 spiro atoms. The maximum atomic E-state index is 6.24. The van der Waals surface area contributed by atoms with Crippen LogP contribution in [0.3, 0.4) is 0 Å². The molecule has 36 heavy (non-hydrogen) atoms. The van der Waals surface area contributed by atoms with Gasteiger partial charge in [-0.2, -0.15) is 0 Å². The third-order valence-corrected chi connectivity index (χ3v) is 7.69. The molecule has 0 saturated carbocycles. The van der Waals surface area contributed by atoms with Gasteiger partial charge in [-0.25, -0.2) is 0 Å². The molecule has 0 N–H and O–H groups in total. The summed E-state index contributed by atoms with van der Waals surface area (Å²) in [5, 5.41) is 0.786. The Labute approximate surface area is 223 Å². The molecule has 3 aromatic carbocycles. The van der Waals surface area contributed by atoms with E-state index in [4.69, 9.17) is 11.6 Å². The molecule has 192 valence electrons. The summed E-state index contributed by atoms with van der Waals surface area (Å²) in [6.45, 7) is 16.9. The van der Waals surface area contributed by atoms with E-state index in [1.54, 1.807) is 0 Å². The standard InChI is InChI=1S/C31H41ClN4/c1-5-33(6-2)29-17-9-25(10-18-29)23-35-21-22-36(31(35)27-13-15-28(32)16-14-27)24-26-11-19-30(20-12-26)34(7-3)8-4/h9-20,31H,5-8,21-24H2,1-4H3. The van der Waals surface area contributed by atoms with Gasteiger partial charge in [0.15, 0.2) is 0 Å². The van der Waals surface area contributed by atoms with Crippen molar-refractivity contribution in [1.29, 1.82) is 0 Å². The number of benzene rings is 3. The zero-order chi connectivity index (χ0) is 25.5. The fourth-order valence-electron chi connectivity index (χ4n) is 5.39. The molecule has 4 nitrogen and oxygen atoms in total. The summed E-state index contributed by atoms with van der Waals surface area (Å²) >= 11 is 6.24. The molecule has 0 unspecified atom stereocenters. The molecule has 0 amide bonds. The second-order valence-corrected chi connectivity index (χ2v) is 9.98. The fraction of sp³-hybridized carbons (Fsp3) is 0.419. The maximum Gasteiger partial charge on any atom is 0.0892 e. The Bertz CT molecular complexity index is 992. The summed E-state index contributed by atoms with van der Waals surface area (Å²) in [5.74, 6) is 0. The van der Waals surface area contributed by atoms with Gasteiger partial charge in [0.2, 0.25) is 0 Å². The minimum absolute atomic E-state index is 0.229. The molecule has 1 saturated heterocycles. The van der Waals surface area contributed by atoms with Crippen LogP contribution in [0.15, 0.2) is 72.8 Å². The first-order valence-corrected chi connectivity index (χ1v) is 13.8. The SMILES string of the molecule is CCN(CC)c1ccc(CN2CCN(Cc3ccc(N(CC)CC)cc3)C2c2ccc(Cl)cc2)cc1. The summed E-state index contributed by atoms with van der Waals surface area (Å²) in [6.07, 6.45) is 0.229. The second-order valence-electron chi connectivity index (χ2n) is 9.54. The lowest BCUT2D eigenvalue weighted by molar-refractivity contribution is 0.126. The maximum absolute atomic E-state index is 6.24. The summed E-state index contributed by atoms with van der Waals surface area (Å²) in [7, 11) is 0. The van der Waals surface area contributed by atoms with Crippen LogP contribution in [0.4, 0.5) is 11.4 Å². The van der Waals surface area contributed by atoms with Crippen molar-refractivity contribution in [2.45, 2.75) is 47.0 Å². The number of anilines is 2. The third kappa shape index (κ3) is 6.23. The zero-order valence-electron chi connectivity index (χ0n) is 22.3. The number of nitrogens with zero attached hydrogens (tertiary/aromatic N) is 4. The Morgan fingerprint density at radius 2 is 1.00 bits per heavy atom. The Kier molecular flexibility index (Phi) is 9.30. The predicted octanol–water partition coefficient (Wildman–Crippen LogP) is 7.05. The Hall–Kier alpha value is -2.53. The molecule has 0 aliphatic carbocycles. The van der Waals surface area contributed by atoms with Crippen molar-refractivity contribution < 1.29 is 0 Å². The first-order chi connectivity index (χ1) is 17.6. The molecule has 1 aliphatic heterocycles. The topological polar surface area (TPSA) is 13.0 Å². The number of hydrogen-bond donors (Lipinski definition) is 0. The molecular weight excluding hydrogens is 464 g/mol.